The van der Waals surface area contributed by atoms with Crippen molar-refractivity contribution in [1.82, 2.24) is 19.7 Å². The summed E-state index contributed by atoms with van der Waals surface area (Å²) in [6.45, 7) is 6.16. The van der Waals surface area contributed by atoms with Crippen molar-refractivity contribution in [3.63, 3.8) is 0 Å². The number of thiazole rings is 1. The lowest BCUT2D eigenvalue weighted by Gasteiger charge is -2.05. The molecule has 0 aliphatic heterocycles. The zero-order valence-corrected chi connectivity index (χ0v) is 15.6. The van der Waals surface area contributed by atoms with Gasteiger partial charge in [-0.1, -0.05) is 17.8 Å². The molecular formula is C17H16FN5OS2. The van der Waals surface area contributed by atoms with Gasteiger partial charge in [-0.25, -0.2) is 9.37 Å². The second-order valence-electron chi connectivity index (χ2n) is 5.31. The van der Waals surface area contributed by atoms with Crippen LogP contribution in [0.15, 0.2) is 47.5 Å². The van der Waals surface area contributed by atoms with Gasteiger partial charge in [-0.15, -0.1) is 28.1 Å². The van der Waals surface area contributed by atoms with Crippen molar-refractivity contribution in [2.75, 3.05) is 11.1 Å². The number of hydrogen-bond donors (Lipinski definition) is 1. The second kappa shape index (κ2) is 8.24. The molecule has 3 aromatic rings. The van der Waals surface area contributed by atoms with Crippen molar-refractivity contribution in [3.8, 4) is 11.3 Å². The number of aryl methyl sites for hydroxylation is 1. The first-order valence-corrected chi connectivity index (χ1v) is 9.58. The largest absolute Gasteiger partial charge is 0.302 e. The molecule has 0 bridgehead atoms. The molecule has 0 atom stereocenters. The summed E-state index contributed by atoms with van der Waals surface area (Å²) in [5, 5.41) is 13.8. The highest BCUT2D eigenvalue weighted by molar-refractivity contribution is 7.99. The molecule has 3 rings (SSSR count). The van der Waals surface area contributed by atoms with Crippen LogP contribution in [0.5, 0.6) is 0 Å². The van der Waals surface area contributed by atoms with Gasteiger partial charge >= 0.3 is 0 Å². The summed E-state index contributed by atoms with van der Waals surface area (Å²) in [7, 11) is 0. The molecule has 134 valence electrons. The number of hydrogen-bond acceptors (Lipinski definition) is 6. The van der Waals surface area contributed by atoms with Crippen molar-refractivity contribution in [1.29, 1.82) is 0 Å². The zero-order valence-electron chi connectivity index (χ0n) is 14.0. The lowest BCUT2D eigenvalue weighted by molar-refractivity contribution is -0.113. The summed E-state index contributed by atoms with van der Waals surface area (Å²) in [4.78, 5) is 16.5. The van der Waals surface area contributed by atoms with Crippen LogP contribution in [-0.4, -0.2) is 31.4 Å². The Kier molecular flexibility index (Phi) is 5.79. The molecule has 0 radical (unpaired) electrons. The lowest BCUT2D eigenvalue weighted by atomic mass is 10.2. The van der Waals surface area contributed by atoms with E-state index in [1.165, 1.54) is 35.2 Å². The first kappa shape index (κ1) is 18.3. The second-order valence-corrected chi connectivity index (χ2v) is 7.11. The van der Waals surface area contributed by atoms with Gasteiger partial charge in [0.05, 0.1) is 11.4 Å². The Morgan fingerprint density at radius 1 is 1.38 bits per heavy atom. The maximum Gasteiger partial charge on any atom is 0.236 e. The Labute approximate surface area is 158 Å². The van der Waals surface area contributed by atoms with Crippen molar-refractivity contribution in [3.05, 3.63) is 53.9 Å². The van der Waals surface area contributed by atoms with Gasteiger partial charge in [0.15, 0.2) is 10.3 Å². The van der Waals surface area contributed by atoms with Gasteiger partial charge in [-0.3, -0.25) is 4.79 Å². The molecule has 1 aromatic carbocycles. The van der Waals surface area contributed by atoms with Gasteiger partial charge in [-0.2, -0.15) is 0 Å². The third-order valence-electron chi connectivity index (χ3n) is 3.44. The highest BCUT2D eigenvalue weighted by atomic mass is 32.2. The SMILES string of the molecule is C=CCn1c(C)nnc1SCC(=O)Nc1nc(-c2ccc(F)cc2)cs1. The Morgan fingerprint density at radius 2 is 2.15 bits per heavy atom. The Morgan fingerprint density at radius 3 is 2.88 bits per heavy atom. The van der Waals surface area contributed by atoms with E-state index in [2.05, 4.69) is 27.1 Å². The molecule has 0 spiro atoms. The van der Waals surface area contributed by atoms with E-state index in [1.807, 2.05) is 16.9 Å². The summed E-state index contributed by atoms with van der Waals surface area (Å²) >= 11 is 2.63. The third kappa shape index (κ3) is 4.36. The minimum absolute atomic E-state index is 0.180. The number of nitrogens with one attached hydrogen (secondary N) is 1. The average molecular weight is 389 g/mol. The van der Waals surface area contributed by atoms with Crippen LogP contribution >= 0.6 is 23.1 Å². The number of amides is 1. The van der Waals surface area contributed by atoms with Crippen LogP contribution in [-0.2, 0) is 11.3 Å². The van der Waals surface area contributed by atoms with Crippen LogP contribution in [0.25, 0.3) is 11.3 Å². The van der Waals surface area contributed by atoms with E-state index in [4.69, 9.17) is 0 Å². The predicted molar refractivity (Wildman–Crippen MR) is 102 cm³/mol. The molecule has 0 aliphatic rings. The van der Waals surface area contributed by atoms with E-state index in [1.54, 1.807) is 18.2 Å². The normalized spacial score (nSPS) is 10.7. The predicted octanol–water partition coefficient (Wildman–Crippen LogP) is 3.77. The summed E-state index contributed by atoms with van der Waals surface area (Å²) in [5.74, 6) is 0.493. The van der Waals surface area contributed by atoms with Gasteiger partial charge in [0.25, 0.3) is 0 Å². The molecule has 0 saturated carbocycles. The molecular weight excluding hydrogens is 373 g/mol. The summed E-state index contributed by atoms with van der Waals surface area (Å²) in [6.07, 6.45) is 1.76. The highest BCUT2D eigenvalue weighted by Crippen LogP contribution is 2.25. The van der Waals surface area contributed by atoms with Gasteiger partial charge < -0.3 is 9.88 Å². The Bertz CT molecular complexity index is 920. The Hall–Kier alpha value is -2.52. The number of halogens is 1. The summed E-state index contributed by atoms with van der Waals surface area (Å²) in [5.41, 5.74) is 1.49. The van der Waals surface area contributed by atoms with Crippen LogP contribution < -0.4 is 5.32 Å². The van der Waals surface area contributed by atoms with E-state index in [-0.39, 0.29) is 17.5 Å². The average Bonchev–Trinajstić information content (AvgIpc) is 3.22. The number of allylic oxidation sites excluding steroid dienone is 1. The monoisotopic (exact) mass is 389 g/mol. The number of carbonyl (C=O) groups excluding carboxylic acids is 1. The van der Waals surface area contributed by atoms with E-state index >= 15 is 0 Å². The molecule has 0 unspecified atom stereocenters. The number of anilines is 1. The van der Waals surface area contributed by atoms with E-state index in [9.17, 15) is 9.18 Å². The highest BCUT2D eigenvalue weighted by Gasteiger charge is 2.12. The minimum atomic E-state index is -0.297. The third-order valence-corrected chi connectivity index (χ3v) is 5.16. The smallest absolute Gasteiger partial charge is 0.236 e. The molecule has 6 nitrogen and oxygen atoms in total. The van der Waals surface area contributed by atoms with E-state index < -0.39 is 0 Å². The summed E-state index contributed by atoms with van der Waals surface area (Å²) < 4.78 is 14.9. The molecule has 2 heterocycles. The zero-order chi connectivity index (χ0) is 18.5. The molecule has 26 heavy (non-hydrogen) atoms. The quantitative estimate of drug-likeness (QED) is 0.492. The first-order valence-electron chi connectivity index (χ1n) is 7.71. The fraction of sp³-hybridized carbons (Fsp3) is 0.176. The summed E-state index contributed by atoms with van der Waals surface area (Å²) in [6, 6.07) is 6.07. The molecule has 1 amide bonds. The number of aromatic nitrogens is 4. The van der Waals surface area contributed by atoms with Crippen molar-refractivity contribution in [2.45, 2.75) is 18.6 Å². The van der Waals surface area contributed by atoms with Crippen molar-refractivity contribution >= 4 is 34.1 Å². The molecule has 0 fully saturated rings. The first-order chi connectivity index (χ1) is 12.6. The number of nitrogens with zero attached hydrogens (tertiary/aromatic N) is 4. The van der Waals surface area contributed by atoms with Gasteiger partial charge in [0, 0.05) is 17.5 Å². The van der Waals surface area contributed by atoms with E-state index in [0.29, 0.717) is 22.5 Å². The molecule has 2 aromatic heterocycles. The van der Waals surface area contributed by atoms with Crippen molar-refractivity contribution < 1.29 is 9.18 Å². The topological polar surface area (TPSA) is 72.7 Å². The van der Waals surface area contributed by atoms with Gasteiger partial charge in [0.2, 0.25) is 5.91 Å². The van der Waals surface area contributed by atoms with Crippen molar-refractivity contribution in [2.24, 2.45) is 0 Å². The molecule has 9 heteroatoms. The molecule has 1 N–H and O–H groups in total. The van der Waals surface area contributed by atoms with Crippen LogP contribution in [0.4, 0.5) is 9.52 Å². The standard InChI is InChI=1S/C17H16FN5OS2/c1-3-8-23-11(2)21-22-17(23)26-10-15(24)20-16-19-14(9-25-16)12-4-6-13(18)7-5-12/h3-7,9H,1,8,10H2,2H3,(H,19,20,24). The molecule has 0 aliphatic carbocycles. The van der Waals surface area contributed by atoms with Crippen LogP contribution in [0.2, 0.25) is 0 Å². The fourth-order valence-electron chi connectivity index (χ4n) is 2.18. The van der Waals surface area contributed by atoms with Crippen LogP contribution in [0.3, 0.4) is 0 Å². The maximum absolute atomic E-state index is 13.0. The number of rotatable bonds is 7. The fourth-order valence-corrected chi connectivity index (χ4v) is 3.71. The van der Waals surface area contributed by atoms with Gasteiger partial charge in [-0.05, 0) is 31.2 Å². The number of benzene rings is 1. The minimum Gasteiger partial charge on any atom is -0.302 e. The van der Waals surface area contributed by atoms with Gasteiger partial charge in [0.1, 0.15) is 11.6 Å². The number of thioether (sulfide) groups is 1. The Balaban J connectivity index is 1.59. The molecule has 0 saturated heterocycles. The maximum atomic E-state index is 13.0. The number of carbonyl (C=O) groups is 1. The lowest BCUT2D eigenvalue weighted by Crippen LogP contribution is -2.14. The van der Waals surface area contributed by atoms with E-state index in [0.717, 1.165) is 11.4 Å². The van der Waals surface area contributed by atoms with Crippen LogP contribution in [0.1, 0.15) is 5.82 Å². The van der Waals surface area contributed by atoms with Crippen LogP contribution in [0, 0.1) is 12.7 Å².